The van der Waals surface area contributed by atoms with Crippen molar-refractivity contribution in [3.05, 3.63) is 66.0 Å². The van der Waals surface area contributed by atoms with Gasteiger partial charge in [0, 0.05) is 11.5 Å². The Bertz CT molecular complexity index is 1120. The minimum atomic E-state index is -0.971. The van der Waals surface area contributed by atoms with E-state index < -0.39 is 11.6 Å². The molecule has 1 aliphatic rings. The molecule has 1 fully saturated rings. The van der Waals surface area contributed by atoms with Crippen molar-refractivity contribution < 1.29 is 13.3 Å². The molecule has 1 saturated carbocycles. The van der Waals surface area contributed by atoms with Crippen LogP contribution in [-0.2, 0) is 0 Å². The van der Waals surface area contributed by atoms with E-state index in [0.717, 1.165) is 36.5 Å². The topological polar surface area (TPSA) is 69.6 Å². The predicted molar refractivity (Wildman–Crippen MR) is 92.0 cm³/mol. The number of hydrogen-bond donors (Lipinski definition) is 0. The highest BCUT2D eigenvalue weighted by Gasteiger charge is 2.31. The zero-order valence-electron chi connectivity index (χ0n) is 14.0. The second-order valence-electron chi connectivity index (χ2n) is 6.37. The molecule has 0 amide bonds. The smallest absolute Gasteiger partial charge is 0.297 e. The Morgan fingerprint density at radius 2 is 1.74 bits per heavy atom. The van der Waals surface area contributed by atoms with Crippen molar-refractivity contribution in [1.29, 1.82) is 0 Å². The fraction of sp³-hybridized carbons (Fsp3) is 0.158. The van der Waals surface area contributed by atoms with Crippen LogP contribution in [0.3, 0.4) is 0 Å². The summed E-state index contributed by atoms with van der Waals surface area (Å²) >= 11 is 0. The number of hydrogen-bond acceptors (Lipinski definition) is 5. The molecule has 2 heterocycles. The van der Waals surface area contributed by atoms with E-state index in [1.54, 1.807) is 4.68 Å². The summed E-state index contributed by atoms with van der Waals surface area (Å²) in [6.45, 7) is 0. The Morgan fingerprint density at radius 1 is 0.926 bits per heavy atom. The van der Waals surface area contributed by atoms with Crippen LogP contribution in [0, 0.1) is 11.6 Å². The highest BCUT2D eigenvalue weighted by Crippen LogP contribution is 2.40. The van der Waals surface area contributed by atoms with Crippen LogP contribution in [0.2, 0.25) is 0 Å². The van der Waals surface area contributed by atoms with Crippen molar-refractivity contribution in [1.82, 2.24) is 24.9 Å². The molecule has 2 aromatic heterocycles. The van der Waals surface area contributed by atoms with Crippen molar-refractivity contribution in [2.75, 3.05) is 0 Å². The second-order valence-corrected chi connectivity index (χ2v) is 6.37. The lowest BCUT2D eigenvalue weighted by Gasteiger charge is -2.03. The van der Waals surface area contributed by atoms with E-state index in [1.165, 1.54) is 6.07 Å². The SMILES string of the molecule is Fc1ccc(-c2noc(-c3nc(C4CC4)n(-c4ccccc4)n3)n2)cc1F. The Balaban J connectivity index is 1.54. The Labute approximate surface area is 152 Å². The van der Waals surface area contributed by atoms with Gasteiger partial charge in [-0.2, -0.15) is 4.98 Å². The standard InChI is InChI=1S/C19H13F2N5O/c20-14-9-8-12(10-15(14)21)16-23-19(27-25-16)17-22-18(11-6-7-11)26(24-17)13-4-2-1-3-5-13/h1-5,8-11H,6-7H2. The summed E-state index contributed by atoms with van der Waals surface area (Å²) in [5.41, 5.74) is 1.22. The minimum Gasteiger partial charge on any atom is -0.330 e. The van der Waals surface area contributed by atoms with Crippen molar-refractivity contribution in [2.45, 2.75) is 18.8 Å². The van der Waals surface area contributed by atoms with E-state index in [2.05, 4.69) is 20.2 Å². The average molecular weight is 365 g/mol. The van der Waals surface area contributed by atoms with Gasteiger partial charge < -0.3 is 4.52 Å². The molecule has 5 rings (SSSR count). The lowest BCUT2D eigenvalue weighted by atomic mass is 10.2. The lowest BCUT2D eigenvalue weighted by Crippen LogP contribution is -2.01. The van der Waals surface area contributed by atoms with Gasteiger partial charge in [-0.3, -0.25) is 0 Å². The molecule has 0 aliphatic heterocycles. The van der Waals surface area contributed by atoms with Crippen molar-refractivity contribution >= 4 is 0 Å². The van der Waals surface area contributed by atoms with Gasteiger partial charge in [-0.15, -0.1) is 5.10 Å². The largest absolute Gasteiger partial charge is 0.330 e. The van der Waals surface area contributed by atoms with Crippen LogP contribution in [0.4, 0.5) is 8.78 Å². The molecule has 0 bridgehead atoms. The molecule has 0 N–H and O–H groups in total. The molecule has 2 aromatic carbocycles. The first-order chi connectivity index (χ1) is 13.2. The minimum absolute atomic E-state index is 0.131. The molecule has 27 heavy (non-hydrogen) atoms. The zero-order valence-corrected chi connectivity index (χ0v) is 14.0. The van der Waals surface area contributed by atoms with Gasteiger partial charge in [-0.25, -0.2) is 18.4 Å². The van der Waals surface area contributed by atoms with Crippen molar-refractivity contribution in [3.8, 4) is 28.8 Å². The fourth-order valence-electron chi connectivity index (χ4n) is 2.85. The van der Waals surface area contributed by atoms with E-state index in [1.807, 2.05) is 30.3 Å². The highest BCUT2D eigenvalue weighted by molar-refractivity contribution is 5.57. The first-order valence-electron chi connectivity index (χ1n) is 8.51. The Kier molecular flexibility index (Phi) is 3.56. The second kappa shape index (κ2) is 6.08. The molecule has 0 unspecified atom stereocenters. The molecule has 0 radical (unpaired) electrons. The maximum absolute atomic E-state index is 13.4. The summed E-state index contributed by atoms with van der Waals surface area (Å²) in [6.07, 6.45) is 2.13. The third-order valence-corrected chi connectivity index (χ3v) is 4.37. The number of benzene rings is 2. The van der Waals surface area contributed by atoms with Gasteiger partial charge in [-0.1, -0.05) is 23.4 Å². The summed E-state index contributed by atoms with van der Waals surface area (Å²) in [5, 5.41) is 8.37. The molecular weight excluding hydrogens is 352 g/mol. The summed E-state index contributed by atoms with van der Waals surface area (Å²) in [6, 6.07) is 13.1. The number of nitrogens with zero attached hydrogens (tertiary/aromatic N) is 5. The molecule has 0 spiro atoms. The zero-order chi connectivity index (χ0) is 18.4. The maximum Gasteiger partial charge on any atom is 0.297 e. The summed E-state index contributed by atoms with van der Waals surface area (Å²) in [5.74, 6) is -0.105. The number of para-hydroxylation sites is 1. The first-order valence-corrected chi connectivity index (χ1v) is 8.51. The van der Waals surface area contributed by atoms with Crippen LogP contribution in [0.15, 0.2) is 53.1 Å². The van der Waals surface area contributed by atoms with E-state index >= 15 is 0 Å². The lowest BCUT2D eigenvalue weighted by molar-refractivity contribution is 0.429. The van der Waals surface area contributed by atoms with E-state index in [0.29, 0.717) is 17.3 Å². The van der Waals surface area contributed by atoms with Crippen molar-refractivity contribution in [3.63, 3.8) is 0 Å². The summed E-state index contributed by atoms with van der Waals surface area (Å²) in [7, 11) is 0. The first kappa shape index (κ1) is 15.8. The van der Waals surface area contributed by atoms with Crippen molar-refractivity contribution in [2.24, 2.45) is 0 Å². The van der Waals surface area contributed by atoms with E-state index in [9.17, 15) is 8.78 Å². The quantitative estimate of drug-likeness (QED) is 0.544. The van der Waals surface area contributed by atoms with Gasteiger partial charge >= 0.3 is 0 Å². The van der Waals surface area contributed by atoms with Crippen LogP contribution >= 0.6 is 0 Å². The maximum atomic E-state index is 13.4. The monoisotopic (exact) mass is 365 g/mol. The molecule has 134 valence electrons. The van der Waals surface area contributed by atoms with Gasteiger partial charge in [0.15, 0.2) is 11.6 Å². The van der Waals surface area contributed by atoms with Crippen LogP contribution in [0.1, 0.15) is 24.6 Å². The Morgan fingerprint density at radius 3 is 2.48 bits per heavy atom. The van der Waals surface area contributed by atoms with Crippen LogP contribution in [0.25, 0.3) is 28.8 Å². The van der Waals surface area contributed by atoms with Crippen LogP contribution < -0.4 is 0 Å². The van der Waals surface area contributed by atoms with Gasteiger partial charge in [-0.05, 0) is 43.2 Å². The molecule has 8 heteroatoms. The van der Waals surface area contributed by atoms with Gasteiger partial charge in [0.25, 0.3) is 5.89 Å². The molecule has 1 aliphatic carbocycles. The molecule has 6 nitrogen and oxygen atoms in total. The van der Waals surface area contributed by atoms with E-state index in [4.69, 9.17) is 4.52 Å². The third-order valence-electron chi connectivity index (χ3n) is 4.37. The van der Waals surface area contributed by atoms with Gasteiger partial charge in [0.1, 0.15) is 5.82 Å². The number of aromatic nitrogens is 5. The molecule has 0 saturated heterocycles. The summed E-state index contributed by atoms with van der Waals surface area (Å²) in [4.78, 5) is 8.82. The highest BCUT2D eigenvalue weighted by atomic mass is 19.2. The molecular formula is C19H13F2N5O. The number of rotatable bonds is 4. The third kappa shape index (κ3) is 2.88. The molecule has 0 atom stereocenters. The van der Waals surface area contributed by atoms with Crippen LogP contribution in [0.5, 0.6) is 0 Å². The Hall–Kier alpha value is -3.42. The fourth-order valence-corrected chi connectivity index (χ4v) is 2.85. The van der Waals surface area contributed by atoms with Gasteiger partial charge in [0.05, 0.1) is 5.69 Å². The van der Waals surface area contributed by atoms with Crippen LogP contribution in [-0.4, -0.2) is 24.9 Å². The predicted octanol–water partition coefficient (Wildman–Crippen LogP) is 4.14. The summed E-state index contributed by atoms with van der Waals surface area (Å²) < 4.78 is 33.6. The van der Waals surface area contributed by atoms with E-state index in [-0.39, 0.29) is 11.7 Å². The average Bonchev–Trinajstić information content (AvgIpc) is 3.25. The normalized spacial score (nSPS) is 13.9. The number of halogens is 2. The molecule has 4 aromatic rings. The van der Waals surface area contributed by atoms with Gasteiger partial charge in [0.2, 0.25) is 11.6 Å².